The van der Waals surface area contributed by atoms with Crippen LogP contribution in [-0.4, -0.2) is 38.2 Å². The van der Waals surface area contributed by atoms with Gasteiger partial charge in [-0.25, -0.2) is 4.98 Å². The van der Waals surface area contributed by atoms with Crippen molar-refractivity contribution in [3.63, 3.8) is 0 Å². The molecule has 0 saturated carbocycles. The number of amides is 1. The average molecular weight is 290 g/mol. The molecule has 2 aromatic rings. The summed E-state index contributed by atoms with van der Waals surface area (Å²) in [5.41, 5.74) is 1.73. The molecule has 1 amide bonds. The number of aryl methyl sites for hydroxylation is 2. The lowest BCUT2D eigenvalue weighted by Gasteiger charge is -2.23. The molecule has 2 aromatic heterocycles. The van der Waals surface area contributed by atoms with Crippen molar-refractivity contribution in [1.82, 2.24) is 19.7 Å². The fraction of sp³-hybridized carbons (Fsp3) is 0.500. The Morgan fingerprint density at radius 1 is 1.50 bits per heavy atom. The van der Waals surface area contributed by atoms with Crippen molar-refractivity contribution in [2.45, 2.75) is 39.3 Å². The van der Waals surface area contributed by atoms with E-state index in [1.807, 2.05) is 41.2 Å². The second-order valence-electron chi connectivity index (χ2n) is 5.29. The van der Waals surface area contributed by atoms with E-state index in [-0.39, 0.29) is 11.9 Å². The normalized spacial score (nSPS) is 18.7. The third-order valence-electron chi connectivity index (χ3n) is 3.64. The van der Waals surface area contributed by atoms with Gasteiger partial charge in [-0.05, 0) is 32.3 Å². The Bertz CT molecular complexity index is 618. The molecular formula is C14H18N4OS. The molecule has 106 valence electrons. The van der Waals surface area contributed by atoms with Gasteiger partial charge in [0.2, 0.25) is 0 Å². The Balaban J connectivity index is 1.73. The average Bonchev–Trinajstić information content (AvgIpc) is 3.11. The van der Waals surface area contributed by atoms with Crippen molar-refractivity contribution in [1.29, 1.82) is 0 Å². The standard InChI is InChI=1S/C14H18N4OS/c1-10-6-15-17(7-10)8-12-4-3-5-18(12)14(19)13-9-20-11(2)16-13/h6-7,9,12H,3-5,8H2,1-2H3/t12-/m1/s1. The largest absolute Gasteiger partial charge is 0.332 e. The van der Waals surface area contributed by atoms with Crippen molar-refractivity contribution in [2.24, 2.45) is 0 Å². The fourth-order valence-corrected chi connectivity index (χ4v) is 3.27. The first kappa shape index (κ1) is 13.3. The molecular weight excluding hydrogens is 272 g/mol. The summed E-state index contributed by atoms with van der Waals surface area (Å²) in [6.45, 7) is 5.54. The maximum absolute atomic E-state index is 12.5. The maximum atomic E-state index is 12.5. The first-order valence-corrected chi connectivity index (χ1v) is 7.73. The number of aromatic nitrogens is 3. The predicted octanol–water partition coefficient (Wildman–Crippen LogP) is 2.26. The summed E-state index contributed by atoms with van der Waals surface area (Å²) < 4.78 is 1.93. The van der Waals surface area contributed by atoms with Gasteiger partial charge in [0.05, 0.1) is 23.8 Å². The minimum Gasteiger partial charge on any atom is -0.332 e. The Morgan fingerprint density at radius 3 is 3.00 bits per heavy atom. The summed E-state index contributed by atoms with van der Waals surface area (Å²) in [4.78, 5) is 18.8. The van der Waals surface area contributed by atoms with Crippen LogP contribution in [0.3, 0.4) is 0 Å². The molecule has 0 aliphatic carbocycles. The van der Waals surface area contributed by atoms with E-state index >= 15 is 0 Å². The number of thiazole rings is 1. The first-order valence-electron chi connectivity index (χ1n) is 6.85. The summed E-state index contributed by atoms with van der Waals surface area (Å²) >= 11 is 1.52. The summed E-state index contributed by atoms with van der Waals surface area (Å²) in [7, 11) is 0. The van der Waals surface area contributed by atoms with Gasteiger partial charge < -0.3 is 4.90 Å². The van der Waals surface area contributed by atoms with E-state index in [1.54, 1.807) is 0 Å². The number of carbonyl (C=O) groups excluding carboxylic acids is 1. The highest BCUT2D eigenvalue weighted by atomic mass is 32.1. The molecule has 0 spiro atoms. The van der Waals surface area contributed by atoms with E-state index in [2.05, 4.69) is 10.1 Å². The van der Waals surface area contributed by atoms with Crippen molar-refractivity contribution in [2.75, 3.05) is 6.54 Å². The summed E-state index contributed by atoms with van der Waals surface area (Å²) in [6, 6.07) is 0.226. The van der Waals surface area contributed by atoms with Crippen molar-refractivity contribution >= 4 is 17.2 Å². The third-order valence-corrected chi connectivity index (χ3v) is 4.41. The molecule has 1 saturated heterocycles. The smallest absolute Gasteiger partial charge is 0.273 e. The van der Waals surface area contributed by atoms with Crippen LogP contribution in [0.15, 0.2) is 17.8 Å². The number of hydrogen-bond donors (Lipinski definition) is 0. The number of rotatable bonds is 3. The molecule has 3 heterocycles. The molecule has 0 unspecified atom stereocenters. The quantitative estimate of drug-likeness (QED) is 0.871. The molecule has 1 aliphatic rings. The van der Waals surface area contributed by atoms with Crippen LogP contribution in [0, 0.1) is 13.8 Å². The Labute approximate surface area is 122 Å². The van der Waals surface area contributed by atoms with Crippen LogP contribution in [0.2, 0.25) is 0 Å². The SMILES string of the molecule is Cc1cnn(C[C@H]2CCCN2C(=O)c2csc(C)n2)c1. The Hall–Kier alpha value is -1.69. The Kier molecular flexibility index (Phi) is 3.56. The van der Waals surface area contributed by atoms with E-state index in [1.165, 1.54) is 11.3 Å². The predicted molar refractivity (Wildman–Crippen MR) is 77.9 cm³/mol. The van der Waals surface area contributed by atoms with Crippen LogP contribution in [0.25, 0.3) is 0 Å². The Morgan fingerprint density at radius 2 is 2.35 bits per heavy atom. The van der Waals surface area contributed by atoms with Crippen molar-refractivity contribution in [3.8, 4) is 0 Å². The van der Waals surface area contributed by atoms with Gasteiger partial charge in [0, 0.05) is 18.1 Å². The lowest BCUT2D eigenvalue weighted by atomic mass is 10.2. The van der Waals surface area contributed by atoms with Crippen molar-refractivity contribution < 1.29 is 4.79 Å². The van der Waals surface area contributed by atoms with Gasteiger partial charge in [-0.15, -0.1) is 11.3 Å². The molecule has 0 N–H and O–H groups in total. The molecule has 6 heteroatoms. The second kappa shape index (κ2) is 5.36. The molecule has 0 aromatic carbocycles. The van der Waals surface area contributed by atoms with E-state index in [0.29, 0.717) is 5.69 Å². The number of nitrogens with zero attached hydrogens (tertiary/aromatic N) is 4. The zero-order valence-corrected chi connectivity index (χ0v) is 12.6. The monoisotopic (exact) mass is 290 g/mol. The molecule has 1 fully saturated rings. The minimum absolute atomic E-state index is 0.0562. The van der Waals surface area contributed by atoms with Crippen LogP contribution < -0.4 is 0 Å². The highest BCUT2D eigenvalue weighted by Crippen LogP contribution is 2.22. The van der Waals surface area contributed by atoms with Crippen LogP contribution in [0.4, 0.5) is 0 Å². The minimum atomic E-state index is 0.0562. The summed E-state index contributed by atoms with van der Waals surface area (Å²) in [5.74, 6) is 0.0562. The molecule has 3 rings (SSSR count). The summed E-state index contributed by atoms with van der Waals surface area (Å²) in [6.07, 6.45) is 5.96. The van der Waals surface area contributed by atoms with Crippen LogP contribution in [0.5, 0.6) is 0 Å². The molecule has 0 bridgehead atoms. The van der Waals surface area contributed by atoms with Gasteiger partial charge in [-0.1, -0.05) is 0 Å². The van der Waals surface area contributed by atoms with E-state index in [4.69, 9.17) is 0 Å². The lowest BCUT2D eigenvalue weighted by Crippen LogP contribution is -2.38. The van der Waals surface area contributed by atoms with Gasteiger partial charge in [0.15, 0.2) is 0 Å². The number of likely N-dealkylation sites (tertiary alicyclic amines) is 1. The van der Waals surface area contributed by atoms with Gasteiger partial charge in [-0.3, -0.25) is 9.48 Å². The first-order chi connectivity index (χ1) is 9.63. The highest BCUT2D eigenvalue weighted by molar-refractivity contribution is 7.09. The summed E-state index contributed by atoms with van der Waals surface area (Å²) in [5, 5.41) is 7.10. The topological polar surface area (TPSA) is 51.0 Å². The lowest BCUT2D eigenvalue weighted by molar-refractivity contribution is 0.0716. The van der Waals surface area contributed by atoms with Crippen LogP contribution >= 0.6 is 11.3 Å². The third kappa shape index (κ3) is 2.60. The zero-order chi connectivity index (χ0) is 14.1. The number of carbonyl (C=O) groups is 1. The molecule has 1 aliphatic heterocycles. The molecule has 1 atom stereocenters. The van der Waals surface area contributed by atoms with E-state index in [0.717, 1.165) is 36.5 Å². The van der Waals surface area contributed by atoms with Crippen LogP contribution in [0.1, 0.15) is 33.9 Å². The van der Waals surface area contributed by atoms with Crippen LogP contribution in [-0.2, 0) is 6.54 Å². The molecule has 5 nitrogen and oxygen atoms in total. The van der Waals surface area contributed by atoms with Gasteiger partial charge in [0.25, 0.3) is 5.91 Å². The van der Waals surface area contributed by atoms with Gasteiger partial charge in [0.1, 0.15) is 5.69 Å². The number of hydrogen-bond acceptors (Lipinski definition) is 4. The van der Waals surface area contributed by atoms with Crippen molar-refractivity contribution in [3.05, 3.63) is 34.0 Å². The fourth-order valence-electron chi connectivity index (χ4n) is 2.68. The highest BCUT2D eigenvalue weighted by Gasteiger charge is 2.30. The maximum Gasteiger partial charge on any atom is 0.273 e. The molecule has 0 radical (unpaired) electrons. The van der Waals surface area contributed by atoms with Gasteiger partial charge in [-0.2, -0.15) is 5.10 Å². The van der Waals surface area contributed by atoms with Gasteiger partial charge >= 0.3 is 0 Å². The molecule has 20 heavy (non-hydrogen) atoms. The van der Waals surface area contributed by atoms with E-state index in [9.17, 15) is 4.79 Å². The zero-order valence-electron chi connectivity index (χ0n) is 11.7. The van der Waals surface area contributed by atoms with E-state index < -0.39 is 0 Å². The second-order valence-corrected chi connectivity index (χ2v) is 6.35.